The maximum atomic E-state index is 8.63. The van der Waals surface area contributed by atoms with E-state index in [1.165, 1.54) is 52.5 Å². The Morgan fingerprint density at radius 2 is 0.700 bits per heavy atom. The molecule has 0 aliphatic carbocycles. The monoisotopic (exact) mass is 1550 g/mol. The summed E-state index contributed by atoms with van der Waals surface area (Å²) in [5, 5.41) is 9.77. The van der Waals surface area contributed by atoms with Crippen molar-refractivity contribution in [1.82, 2.24) is 0 Å². The van der Waals surface area contributed by atoms with Gasteiger partial charge in [0.1, 0.15) is 11.6 Å². The summed E-state index contributed by atoms with van der Waals surface area (Å²) in [6, 6.07) is 63.0. The van der Waals surface area contributed by atoms with Crippen molar-refractivity contribution >= 4 is 64.6 Å². The zero-order valence-electron chi connectivity index (χ0n) is 76.8. The molecule has 0 fully saturated rings. The standard InChI is InChI=1S/C13H15N.C12H16N2.C11H13NO.C11H13NS.C6H7N.C6H6O.C6H6S.3C5H12.3C4H10.4C2H6/c1-10(2)14-11(3)8-9-12-6-4-5-7-13(12)14;1-9(2)14-10(3)13(4)11-7-5-6-8-12(11)14;2*1-8(2)12-9(3)13-11-7-5-4-6-10(11)12;3*7-6-4-2-1-3-5-6;3*1-4-5(2)3;3*1-4(2)3;4*1-2/h4-10H,3H2,1-2H3;5-9H,3H2,1-2,4H3;2*4-8H,3H2,1-2H3;1-5H,7H2;2*1-5,7H;3*5H,4H2,1-3H3;3*4H,1-3H3;4*1-2H3. The molecule has 11 rings (SSSR count). The van der Waals surface area contributed by atoms with Crippen LogP contribution in [0, 0.1) is 35.5 Å². The molecule has 7 aromatic carbocycles. The second-order valence-corrected chi connectivity index (χ2v) is 30.9. The van der Waals surface area contributed by atoms with Gasteiger partial charge < -0.3 is 40.1 Å². The van der Waals surface area contributed by atoms with Crippen LogP contribution >= 0.6 is 24.4 Å². The van der Waals surface area contributed by atoms with Gasteiger partial charge in [-0.3, -0.25) is 0 Å². The fourth-order valence-corrected chi connectivity index (χ4v) is 9.64. The number of phenols is 1. The molecule has 10 heteroatoms. The molecular formula is C100H166N6O2S2. The molecule has 0 amide bonds. The van der Waals surface area contributed by atoms with Gasteiger partial charge in [0.05, 0.1) is 27.8 Å². The first-order valence-electron chi connectivity index (χ1n) is 41.3. The van der Waals surface area contributed by atoms with Crippen LogP contribution in [-0.2, 0) is 0 Å². The molecule has 0 unspecified atom stereocenters. The van der Waals surface area contributed by atoms with Gasteiger partial charge in [-0.1, -0.05) is 346 Å². The number of thioether (sulfide) groups is 1. The predicted octanol–water partition coefficient (Wildman–Crippen LogP) is 32.4. The molecule has 110 heavy (non-hydrogen) atoms. The molecule has 620 valence electrons. The van der Waals surface area contributed by atoms with Crippen molar-refractivity contribution < 1.29 is 9.84 Å². The molecule has 0 atom stereocenters. The first kappa shape index (κ1) is 113. The second-order valence-electron chi connectivity index (χ2n) is 29.3. The lowest BCUT2D eigenvalue weighted by atomic mass is 10.0. The number of benzene rings is 7. The summed E-state index contributed by atoms with van der Waals surface area (Å²) in [5.41, 5.74) is 14.7. The second kappa shape index (κ2) is 70.5. The smallest absolute Gasteiger partial charge is 0.193 e. The fraction of sp³-hybridized carbons (Fsp3) is 0.480. The highest BCUT2D eigenvalue weighted by Crippen LogP contribution is 2.46. The van der Waals surface area contributed by atoms with Crippen molar-refractivity contribution in [2.75, 3.05) is 37.3 Å². The van der Waals surface area contributed by atoms with Gasteiger partial charge in [-0.2, -0.15) is 0 Å². The number of aromatic hydroxyl groups is 1. The number of nitrogens with two attached hydrogens (primary N) is 1. The molecule has 0 saturated carbocycles. The number of nitrogens with zero attached hydrogens (tertiary/aromatic N) is 5. The van der Waals surface area contributed by atoms with Gasteiger partial charge in [0.15, 0.2) is 11.6 Å². The van der Waals surface area contributed by atoms with E-state index in [1.807, 2.05) is 146 Å². The number of anilines is 6. The third-order valence-electron chi connectivity index (χ3n) is 14.2. The van der Waals surface area contributed by atoms with Crippen LogP contribution < -0.4 is 35.0 Å². The highest BCUT2D eigenvalue weighted by Gasteiger charge is 2.29. The van der Waals surface area contributed by atoms with Gasteiger partial charge in [-0.05, 0) is 188 Å². The van der Waals surface area contributed by atoms with E-state index in [0.717, 1.165) is 80.0 Å². The van der Waals surface area contributed by atoms with Crippen LogP contribution in [0.25, 0.3) is 6.08 Å². The van der Waals surface area contributed by atoms with E-state index in [2.05, 4.69) is 335 Å². The normalized spacial score (nSPS) is 11.5. The third kappa shape index (κ3) is 54.1. The number of hydrogen-bond acceptors (Lipinski definition) is 10. The maximum Gasteiger partial charge on any atom is 0.193 e. The van der Waals surface area contributed by atoms with Crippen LogP contribution in [0.1, 0.15) is 260 Å². The predicted molar refractivity (Wildman–Crippen MR) is 512 cm³/mol. The number of hydrogen-bond donors (Lipinski definition) is 3. The van der Waals surface area contributed by atoms with E-state index in [4.69, 9.17) is 15.6 Å². The Kier molecular flexibility index (Phi) is 72.5. The summed E-state index contributed by atoms with van der Waals surface area (Å²) >= 11 is 5.84. The van der Waals surface area contributed by atoms with Crippen LogP contribution in [0.4, 0.5) is 34.1 Å². The zero-order chi connectivity index (χ0) is 86.2. The van der Waals surface area contributed by atoms with E-state index >= 15 is 0 Å². The Labute approximate surface area is 691 Å². The molecule has 0 saturated heterocycles. The number of ether oxygens (including phenoxy) is 1. The molecule has 4 aliphatic heterocycles. The molecule has 0 spiro atoms. The molecule has 4 aliphatic rings. The lowest BCUT2D eigenvalue weighted by Crippen LogP contribution is -2.30. The van der Waals surface area contributed by atoms with Crippen LogP contribution in [-0.4, -0.2) is 36.3 Å². The Balaban J connectivity index is -0.000000271. The van der Waals surface area contributed by atoms with Crippen LogP contribution in [0.2, 0.25) is 0 Å². The molecule has 0 radical (unpaired) electrons. The Bertz CT molecular complexity index is 3140. The van der Waals surface area contributed by atoms with E-state index in [-0.39, 0.29) is 0 Å². The van der Waals surface area contributed by atoms with Crippen molar-refractivity contribution in [2.24, 2.45) is 35.5 Å². The summed E-state index contributed by atoms with van der Waals surface area (Å²) in [6.45, 7) is 88.9. The van der Waals surface area contributed by atoms with Crippen molar-refractivity contribution in [3.8, 4) is 11.5 Å². The highest BCUT2D eigenvalue weighted by atomic mass is 32.2. The van der Waals surface area contributed by atoms with Gasteiger partial charge in [0.2, 0.25) is 0 Å². The minimum absolute atomic E-state index is 0.322. The van der Waals surface area contributed by atoms with E-state index in [1.54, 1.807) is 36.0 Å². The average Bonchev–Trinajstić information content (AvgIpc) is 1.57. The van der Waals surface area contributed by atoms with E-state index in [0.29, 0.717) is 29.9 Å². The minimum atomic E-state index is 0.322. The molecule has 3 N–H and O–H groups in total. The number of allylic oxidation sites excluding steroid dienone is 1. The van der Waals surface area contributed by atoms with Gasteiger partial charge in [0, 0.05) is 58.1 Å². The van der Waals surface area contributed by atoms with Gasteiger partial charge in [-0.25, -0.2) is 0 Å². The van der Waals surface area contributed by atoms with Crippen LogP contribution in [0.5, 0.6) is 11.5 Å². The molecular weight excluding hydrogens is 1380 g/mol. The summed E-state index contributed by atoms with van der Waals surface area (Å²) in [4.78, 5) is 13.4. The van der Waals surface area contributed by atoms with Gasteiger partial charge in [-0.15, -0.1) is 12.6 Å². The maximum absolute atomic E-state index is 8.63. The number of nitrogen functional groups attached to an aromatic ring is 1. The Morgan fingerprint density at radius 1 is 0.382 bits per heavy atom. The quantitative estimate of drug-likeness (QED) is 0.107. The van der Waals surface area contributed by atoms with Crippen molar-refractivity contribution in [1.29, 1.82) is 0 Å². The summed E-state index contributed by atoms with van der Waals surface area (Å²) < 4.78 is 5.51. The number of para-hydroxylation sites is 8. The first-order chi connectivity index (χ1) is 51.9. The number of fused-ring (bicyclic) bond motifs is 4. The van der Waals surface area contributed by atoms with Crippen LogP contribution in [0.15, 0.2) is 253 Å². The summed E-state index contributed by atoms with van der Waals surface area (Å²) in [5.74, 6) is 8.15. The van der Waals surface area contributed by atoms with Crippen LogP contribution in [0.3, 0.4) is 0 Å². The van der Waals surface area contributed by atoms with Gasteiger partial charge in [0.25, 0.3) is 0 Å². The number of thiol groups is 1. The van der Waals surface area contributed by atoms with Gasteiger partial charge >= 0.3 is 0 Å². The number of rotatable bonds is 7. The minimum Gasteiger partial charge on any atom is -0.508 e. The zero-order valence-corrected chi connectivity index (χ0v) is 78.5. The Morgan fingerprint density at radius 3 is 1.04 bits per heavy atom. The molecule has 0 bridgehead atoms. The average molecular weight is 1550 g/mol. The lowest BCUT2D eigenvalue weighted by Gasteiger charge is -2.33. The first-order valence-corrected chi connectivity index (χ1v) is 42.5. The lowest BCUT2D eigenvalue weighted by molar-refractivity contribution is 0.434. The topological polar surface area (TPSA) is 71.7 Å². The summed E-state index contributed by atoms with van der Waals surface area (Å²) in [6.07, 6.45) is 8.11. The Hall–Kier alpha value is -7.66. The van der Waals surface area contributed by atoms with Crippen molar-refractivity contribution in [3.63, 3.8) is 0 Å². The molecule has 0 aromatic heterocycles. The summed E-state index contributed by atoms with van der Waals surface area (Å²) in [7, 11) is 2.06. The molecule has 4 heterocycles. The SMILES string of the molecule is C=C1C=Cc2ccccc2N1C(C)C.C=C1N(C)c2ccccc2N1C(C)C.C=C1Oc2ccccc2N1C(C)C.C=C1Sc2ccccc2N1C(C)C.CC.CC.CC.CC.CC(C)C.CC(C)C.CC(C)C.CCC(C)C.CCC(C)C.CCC(C)C.Nc1ccccc1.Oc1ccccc1.Sc1ccccc1. The molecule has 8 nitrogen and oxygen atoms in total. The molecule has 7 aromatic rings. The fourth-order valence-electron chi connectivity index (χ4n) is 8.39. The van der Waals surface area contributed by atoms with Crippen molar-refractivity contribution in [2.45, 2.75) is 289 Å². The van der Waals surface area contributed by atoms with E-state index < -0.39 is 0 Å². The van der Waals surface area contributed by atoms with E-state index in [9.17, 15) is 0 Å². The number of phenolic OH excluding ortho intramolecular Hbond substituents is 1. The van der Waals surface area contributed by atoms with Crippen molar-refractivity contribution in [3.05, 3.63) is 248 Å². The largest absolute Gasteiger partial charge is 0.508 e. The highest BCUT2D eigenvalue weighted by molar-refractivity contribution is 8.03. The third-order valence-corrected chi connectivity index (χ3v) is 15.5.